The molecule has 0 aromatic carbocycles. The van der Waals surface area contributed by atoms with Crippen LogP contribution >= 0.6 is 11.3 Å². The number of carbonyl (C=O) groups is 2. The lowest BCUT2D eigenvalue weighted by Gasteiger charge is -2.34. The molecule has 0 saturated carbocycles. The van der Waals surface area contributed by atoms with E-state index in [9.17, 15) is 9.59 Å². The molecule has 1 aromatic heterocycles. The van der Waals surface area contributed by atoms with E-state index in [1.54, 1.807) is 11.3 Å². The number of nitrogens with zero attached hydrogens (tertiary/aromatic N) is 3. The number of piperazine rings is 1. The van der Waals surface area contributed by atoms with Crippen LogP contribution in [-0.4, -0.2) is 54.4 Å². The van der Waals surface area contributed by atoms with E-state index in [-0.39, 0.29) is 11.8 Å². The van der Waals surface area contributed by atoms with Crippen molar-refractivity contribution >= 4 is 28.3 Å². The Bertz CT molecular complexity index is 521. The average Bonchev–Trinajstić information content (AvgIpc) is 2.93. The summed E-state index contributed by atoms with van der Waals surface area (Å²) in [7, 11) is 0. The van der Waals surface area contributed by atoms with Gasteiger partial charge in [0.2, 0.25) is 11.8 Å². The first-order valence-electron chi connectivity index (χ1n) is 6.95. The number of anilines is 1. The highest BCUT2D eigenvalue weighted by Gasteiger charge is 2.22. The van der Waals surface area contributed by atoms with Gasteiger partial charge in [-0.3, -0.25) is 9.59 Å². The summed E-state index contributed by atoms with van der Waals surface area (Å²) in [6.45, 7) is 8.72. The van der Waals surface area contributed by atoms with Crippen LogP contribution in [0.4, 0.5) is 5.13 Å². The van der Waals surface area contributed by atoms with E-state index in [1.165, 1.54) is 6.08 Å². The summed E-state index contributed by atoms with van der Waals surface area (Å²) >= 11 is 1.64. The molecule has 1 saturated heterocycles. The largest absolute Gasteiger partial charge is 0.352 e. The Balaban J connectivity index is 1.74. The third-order valence-corrected chi connectivity index (χ3v) is 4.35. The van der Waals surface area contributed by atoms with Crippen LogP contribution in [-0.2, 0) is 9.59 Å². The molecule has 2 rings (SSSR count). The number of aromatic nitrogens is 1. The first kappa shape index (κ1) is 15.5. The van der Waals surface area contributed by atoms with E-state index >= 15 is 0 Å². The monoisotopic (exact) mass is 308 g/mol. The third kappa shape index (κ3) is 4.29. The lowest BCUT2D eigenvalue weighted by molar-refractivity contribution is -0.131. The van der Waals surface area contributed by atoms with E-state index in [2.05, 4.69) is 21.8 Å². The minimum atomic E-state index is -0.244. The predicted octanol–water partition coefficient (Wildman–Crippen LogP) is 0.792. The molecular weight excluding hydrogens is 288 g/mol. The molecule has 0 spiro atoms. The molecule has 2 heterocycles. The fourth-order valence-corrected chi connectivity index (χ4v) is 3.01. The standard InChI is InChI=1S/C14H20N4O2S/c1-3-12(19)15-5-4-13(20)17-6-8-18(9-7-17)14-16-11(2)10-21-14/h3,10H,1,4-9H2,2H3,(H,15,19). The number of aryl methyl sites for hydroxylation is 1. The van der Waals surface area contributed by atoms with Crippen molar-refractivity contribution in [2.75, 3.05) is 37.6 Å². The van der Waals surface area contributed by atoms with Crippen LogP contribution in [0.1, 0.15) is 12.1 Å². The van der Waals surface area contributed by atoms with Gasteiger partial charge in [0.1, 0.15) is 0 Å². The molecule has 1 aliphatic heterocycles. The van der Waals surface area contributed by atoms with E-state index in [4.69, 9.17) is 0 Å². The Morgan fingerprint density at radius 2 is 2.14 bits per heavy atom. The molecule has 0 aliphatic carbocycles. The van der Waals surface area contributed by atoms with Crippen molar-refractivity contribution in [3.05, 3.63) is 23.7 Å². The van der Waals surface area contributed by atoms with Crippen LogP contribution in [0.3, 0.4) is 0 Å². The van der Waals surface area contributed by atoms with Crippen molar-refractivity contribution in [1.29, 1.82) is 0 Å². The highest BCUT2D eigenvalue weighted by molar-refractivity contribution is 7.13. The zero-order valence-corrected chi connectivity index (χ0v) is 13.0. The number of thiazole rings is 1. The Kier molecular flexibility index (Phi) is 5.32. The van der Waals surface area contributed by atoms with Crippen LogP contribution in [0.15, 0.2) is 18.0 Å². The lowest BCUT2D eigenvalue weighted by Crippen LogP contribution is -2.49. The minimum Gasteiger partial charge on any atom is -0.352 e. The van der Waals surface area contributed by atoms with Crippen LogP contribution in [0, 0.1) is 6.92 Å². The van der Waals surface area contributed by atoms with Gasteiger partial charge in [-0.1, -0.05) is 6.58 Å². The Morgan fingerprint density at radius 3 is 2.71 bits per heavy atom. The SMILES string of the molecule is C=CC(=O)NCCC(=O)N1CCN(c2nc(C)cs2)CC1. The van der Waals surface area contributed by atoms with Crippen LogP contribution in [0.25, 0.3) is 0 Å². The second-order valence-electron chi connectivity index (χ2n) is 4.88. The number of carbonyl (C=O) groups excluding carboxylic acids is 2. The molecule has 0 bridgehead atoms. The molecule has 0 unspecified atom stereocenters. The smallest absolute Gasteiger partial charge is 0.243 e. The molecule has 0 atom stereocenters. The third-order valence-electron chi connectivity index (χ3n) is 3.33. The van der Waals surface area contributed by atoms with Crippen molar-refractivity contribution in [3.8, 4) is 0 Å². The summed E-state index contributed by atoms with van der Waals surface area (Å²) in [5.41, 5.74) is 1.03. The Labute approximate surface area is 128 Å². The molecule has 1 fully saturated rings. The maximum Gasteiger partial charge on any atom is 0.243 e. The van der Waals surface area contributed by atoms with E-state index in [0.717, 1.165) is 23.9 Å². The van der Waals surface area contributed by atoms with Crippen LogP contribution in [0.2, 0.25) is 0 Å². The van der Waals surface area contributed by atoms with E-state index in [1.807, 2.05) is 17.2 Å². The maximum absolute atomic E-state index is 12.0. The first-order valence-corrected chi connectivity index (χ1v) is 7.83. The molecule has 21 heavy (non-hydrogen) atoms. The van der Waals surface area contributed by atoms with Crippen molar-refractivity contribution in [2.45, 2.75) is 13.3 Å². The molecule has 1 aliphatic rings. The van der Waals surface area contributed by atoms with Crippen LogP contribution in [0.5, 0.6) is 0 Å². The molecule has 1 aromatic rings. The van der Waals surface area contributed by atoms with Gasteiger partial charge in [0.15, 0.2) is 5.13 Å². The average molecular weight is 308 g/mol. The predicted molar refractivity (Wildman–Crippen MR) is 83.5 cm³/mol. The van der Waals surface area contributed by atoms with E-state index < -0.39 is 0 Å². The number of hydrogen-bond donors (Lipinski definition) is 1. The van der Waals surface area contributed by atoms with Crippen molar-refractivity contribution in [1.82, 2.24) is 15.2 Å². The maximum atomic E-state index is 12.0. The molecule has 2 amide bonds. The molecule has 1 N–H and O–H groups in total. The zero-order valence-electron chi connectivity index (χ0n) is 12.2. The van der Waals surface area contributed by atoms with Gasteiger partial charge < -0.3 is 15.1 Å². The summed E-state index contributed by atoms with van der Waals surface area (Å²) in [6.07, 6.45) is 1.54. The summed E-state index contributed by atoms with van der Waals surface area (Å²) < 4.78 is 0. The fraction of sp³-hybridized carbons (Fsp3) is 0.500. The second-order valence-corrected chi connectivity index (χ2v) is 5.72. The van der Waals surface area contributed by atoms with Gasteiger partial charge in [-0.05, 0) is 13.0 Å². The minimum absolute atomic E-state index is 0.0781. The molecular formula is C14H20N4O2S. The summed E-state index contributed by atoms with van der Waals surface area (Å²) in [5.74, 6) is -0.166. The number of amides is 2. The zero-order chi connectivity index (χ0) is 15.2. The van der Waals surface area contributed by atoms with Crippen molar-refractivity contribution in [2.24, 2.45) is 0 Å². The Morgan fingerprint density at radius 1 is 1.43 bits per heavy atom. The van der Waals surface area contributed by atoms with Gasteiger partial charge in [0.25, 0.3) is 0 Å². The second kappa shape index (κ2) is 7.21. The fourth-order valence-electron chi connectivity index (χ4n) is 2.16. The molecule has 7 heteroatoms. The number of nitrogens with one attached hydrogen (secondary N) is 1. The highest BCUT2D eigenvalue weighted by atomic mass is 32.1. The van der Waals surface area contributed by atoms with Gasteiger partial charge in [-0.25, -0.2) is 4.98 Å². The molecule has 0 radical (unpaired) electrons. The Hall–Kier alpha value is -1.89. The highest BCUT2D eigenvalue weighted by Crippen LogP contribution is 2.21. The van der Waals surface area contributed by atoms with Gasteiger partial charge >= 0.3 is 0 Å². The van der Waals surface area contributed by atoms with Crippen molar-refractivity contribution in [3.63, 3.8) is 0 Å². The lowest BCUT2D eigenvalue weighted by atomic mass is 10.3. The van der Waals surface area contributed by atoms with E-state index in [0.29, 0.717) is 26.1 Å². The molecule has 6 nitrogen and oxygen atoms in total. The summed E-state index contributed by atoms with van der Waals surface area (Å²) in [4.78, 5) is 31.6. The normalized spacial score (nSPS) is 14.9. The van der Waals surface area contributed by atoms with Gasteiger partial charge in [-0.2, -0.15) is 0 Å². The number of hydrogen-bond acceptors (Lipinski definition) is 5. The summed E-state index contributed by atoms with van der Waals surface area (Å²) in [5, 5.41) is 5.68. The van der Waals surface area contributed by atoms with Gasteiger partial charge in [0.05, 0.1) is 5.69 Å². The first-order chi connectivity index (χ1) is 10.1. The quantitative estimate of drug-likeness (QED) is 0.817. The van der Waals surface area contributed by atoms with Crippen LogP contribution < -0.4 is 10.2 Å². The molecule has 114 valence electrons. The number of rotatable bonds is 5. The van der Waals surface area contributed by atoms with Crippen molar-refractivity contribution < 1.29 is 9.59 Å². The van der Waals surface area contributed by atoms with Gasteiger partial charge in [0, 0.05) is 44.5 Å². The summed E-state index contributed by atoms with van der Waals surface area (Å²) in [6, 6.07) is 0. The topological polar surface area (TPSA) is 65.5 Å². The van der Waals surface area contributed by atoms with Gasteiger partial charge in [-0.15, -0.1) is 11.3 Å².